The zero-order valence-corrected chi connectivity index (χ0v) is 13.0. The minimum Gasteiger partial charge on any atom is -0.480 e. The number of nitrogens with zero attached hydrogens (tertiary/aromatic N) is 2. The maximum absolute atomic E-state index is 12.4. The van der Waals surface area contributed by atoms with Crippen LogP contribution in [0.4, 0.5) is 11.4 Å². The Hall–Kier alpha value is -2.89. The number of benzene rings is 1. The molecule has 2 aromatic rings. The minimum atomic E-state index is -0.281. The second-order valence-corrected chi connectivity index (χ2v) is 5.28. The molecule has 6 heteroatoms. The predicted molar refractivity (Wildman–Crippen MR) is 86.9 cm³/mol. The van der Waals surface area contributed by atoms with Crippen molar-refractivity contribution in [3.63, 3.8) is 0 Å². The monoisotopic (exact) mass is 311 g/mol. The summed E-state index contributed by atoms with van der Waals surface area (Å²) in [7, 11) is 1.48. The highest BCUT2D eigenvalue weighted by Gasteiger charge is 2.22. The molecule has 23 heavy (non-hydrogen) atoms. The van der Waals surface area contributed by atoms with E-state index in [0.29, 0.717) is 17.8 Å². The van der Waals surface area contributed by atoms with E-state index in [-0.39, 0.29) is 17.7 Å². The summed E-state index contributed by atoms with van der Waals surface area (Å²) in [5.41, 5.74) is 3.02. The molecule has 0 spiro atoms. The van der Waals surface area contributed by atoms with Gasteiger partial charge in [0.2, 0.25) is 11.8 Å². The first-order chi connectivity index (χ1) is 11.1. The smallest absolute Gasteiger partial charge is 0.261 e. The number of ether oxygens (including phenoxy) is 1. The van der Waals surface area contributed by atoms with Crippen LogP contribution in [0.1, 0.15) is 22.8 Å². The molecule has 0 bridgehead atoms. The van der Waals surface area contributed by atoms with Gasteiger partial charge in [-0.05, 0) is 42.3 Å². The molecule has 1 aliphatic rings. The molecule has 2 heterocycles. The van der Waals surface area contributed by atoms with Crippen molar-refractivity contribution in [2.45, 2.75) is 13.3 Å². The topological polar surface area (TPSA) is 71.5 Å². The average Bonchev–Trinajstić information content (AvgIpc) is 2.98. The molecule has 118 valence electrons. The third-order valence-electron chi connectivity index (χ3n) is 3.82. The van der Waals surface area contributed by atoms with Crippen LogP contribution in [-0.2, 0) is 11.2 Å². The highest BCUT2D eigenvalue weighted by Crippen LogP contribution is 2.30. The largest absolute Gasteiger partial charge is 0.480 e. The van der Waals surface area contributed by atoms with Gasteiger partial charge in [-0.25, -0.2) is 4.98 Å². The van der Waals surface area contributed by atoms with Crippen molar-refractivity contribution in [1.82, 2.24) is 4.98 Å². The van der Waals surface area contributed by atoms with Gasteiger partial charge in [0.05, 0.1) is 7.11 Å². The molecule has 0 atom stereocenters. The van der Waals surface area contributed by atoms with Crippen molar-refractivity contribution >= 4 is 23.2 Å². The van der Waals surface area contributed by atoms with Gasteiger partial charge in [0.1, 0.15) is 5.56 Å². The first-order valence-corrected chi connectivity index (χ1v) is 7.31. The fourth-order valence-electron chi connectivity index (χ4n) is 2.73. The van der Waals surface area contributed by atoms with Crippen LogP contribution in [-0.4, -0.2) is 30.5 Å². The molecule has 3 rings (SSSR count). The zero-order chi connectivity index (χ0) is 16.4. The molecule has 1 aromatic heterocycles. The Balaban J connectivity index is 1.82. The van der Waals surface area contributed by atoms with E-state index < -0.39 is 0 Å². The second kappa shape index (κ2) is 6.08. The number of rotatable bonds is 3. The number of hydrogen-bond acceptors (Lipinski definition) is 4. The van der Waals surface area contributed by atoms with Gasteiger partial charge in [-0.2, -0.15) is 0 Å². The SMILES string of the molecule is COc1ncccc1C(=O)Nc1ccc2c(c1)CCN2C(C)=O. The highest BCUT2D eigenvalue weighted by molar-refractivity contribution is 6.06. The van der Waals surface area contributed by atoms with E-state index in [9.17, 15) is 9.59 Å². The summed E-state index contributed by atoms with van der Waals surface area (Å²) in [4.78, 5) is 29.7. The summed E-state index contributed by atoms with van der Waals surface area (Å²) in [6.07, 6.45) is 2.36. The summed E-state index contributed by atoms with van der Waals surface area (Å²) in [6, 6.07) is 8.90. The molecule has 0 radical (unpaired) electrons. The lowest BCUT2D eigenvalue weighted by Crippen LogP contribution is -2.25. The number of pyridine rings is 1. The minimum absolute atomic E-state index is 0.0284. The number of amides is 2. The van der Waals surface area contributed by atoms with Gasteiger partial charge in [-0.3, -0.25) is 9.59 Å². The van der Waals surface area contributed by atoms with Crippen molar-refractivity contribution in [2.24, 2.45) is 0 Å². The summed E-state index contributed by atoms with van der Waals surface area (Å²) in [5, 5.41) is 2.84. The summed E-state index contributed by atoms with van der Waals surface area (Å²) in [6.45, 7) is 2.23. The van der Waals surface area contributed by atoms with E-state index >= 15 is 0 Å². The molecule has 0 unspecified atom stereocenters. The number of carbonyl (C=O) groups excluding carboxylic acids is 2. The van der Waals surface area contributed by atoms with Crippen molar-refractivity contribution in [3.05, 3.63) is 47.7 Å². The number of methoxy groups -OCH3 is 1. The maximum atomic E-state index is 12.4. The third-order valence-corrected chi connectivity index (χ3v) is 3.82. The standard InChI is InChI=1S/C17H17N3O3/c1-11(21)20-9-7-12-10-13(5-6-15(12)20)19-16(22)14-4-3-8-18-17(14)23-2/h3-6,8,10H,7,9H2,1-2H3,(H,19,22). The van der Waals surface area contributed by atoms with Gasteiger partial charge in [0.15, 0.2) is 0 Å². The molecule has 2 amide bonds. The van der Waals surface area contributed by atoms with E-state index in [4.69, 9.17) is 4.74 Å². The molecule has 1 aliphatic heterocycles. The van der Waals surface area contributed by atoms with Crippen LogP contribution in [0.2, 0.25) is 0 Å². The Morgan fingerprint density at radius 1 is 1.30 bits per heavy atom. The number of nitrogens with one attached hydrogen (secondary N) is 1. The van der Waals surface area contributed by atoms with Gasteiger partial charge in [0.25, 0.3) is 5.91 Å². The zero-order valence-electron chi connectivity index (χ0n) is 13.0. The van der Waals surface area contributed by atoms with Gasteiger partial charge >= 0.3 is 0 Å². The average molecular weight is 311 g/mol. The third kappa shape index (κ3) is 2.88. The van der Waals surface area contributed by atoms with Crippen LogP contribution in [0, 0.1) is 0 Å². The van der Waals surface area contributed by atoms with Crippen LogP contribution in [0.3, 0.4) is 0 Å². The molecule has 1 N–H and O–H groups in total. The summed E-state index contributed by atoms with van der Waals surface area (Å²) in [5.74, 6) is 0.0332. The van der Waals surface area contributed by atoms with E-state index in [1.165, 1.54) is 7.11 Å². The number of carbonyl (C=O) groups is 2. The van der Waals surface area contributed by atoms with Crippen LogP contribution < -0.4 is 15.0 Å². The Bertz CT molecular complexity index is 773. The molecular formula is C17H17N3O3. The lowest BCUT2D eigenvalue weighted by molar-refractivity contribution is -0.116. The fourth-order valence-corrected chi connectivity index (χ4v) is 2.73. The van der Waals surface area contributed by atoms with Crippen molar-refractivity contribution in [1.29, 1.82) is 0 Å². The van der Waals surface area contributed by atoms with Gasteiger partial charge in [-0.1, -0.05) is 0 Å². The van der Waals surface area contributed by atoms with Gasteiger partial charge in [-0.15, -0.1) is 0 Å². The highest BCUT2D eigenvalue weighted by atomic mass is 16.5. The second-order valence-electron chi connectivity index (χ2n) is 5.28. The molecule has 0 aliphatic carbocycles. The Kier molecular flexibility index (Phi) is 3.97. The summed E-state index contributed by atoms with van der Waals surface area (Å²) < 4.78 is 5.10. The van der Waals surface area contributed by atoms with Crippen LogP contribution in [0.25, 0.3) is 0 Å². The maximum Gasteiger partial charge on any atom is 0.261 e. The number of aromatic nitrogens is 1. The van der Waals surface area contributed by atoms with Crippen molar-refractivity contribution in [3.8, 4) is 5.88 Å². The van der Waals surface area contributed by atoms with E-state index in [0.717, 1.165) is 17.7 Å². The van der Waals surface area contributed by atoms with E-state index in [2.05, 4.69) is 10.3 Å². The van der Waals surface area contributed by atoms with Gasteiger partial charge in [0, 0.05) is 31.0 Å². The first-order valence-electron chi connectivity index (χ1n) is 7.31. The van der Waals surface area contributed by atoms with Crippen molar-refractivity contribution < 1.29 is 14.3 Å². The molecule has 0 saturated heterocycles. The van der Waals surface area contributed by atoms with Crippen molar-refractivity contribution in [2.75, 3.05) is 23.9 Å². The number of anilines is 2. The van der Waals surface area contributed by atoms with Crippen LogP contribution in [0.5, 0.6) is 5.88 Å². The predicted octanol–water partition coefficient (Wildman–Crippen LogP) is 2.25. The normalized spacial score (nSPS) is 12.7. The van der Waals surface area contributed by atoms with Crippen LogP contribution in [0.15, 0.2) is 36.5 Å². The lowest BCUT2D eigenvalue weighted by Gasteiger charge is -2.15. The van der Waals surface area contributed by atoms with E-state index in [1.807, 2.05) is 12.1 Å². The molecule has 0 saturated carbocycles. The molecular weight excluding hydrogens is 294 g/mol. The first kappa shape index (κ1) is 15.0. The van der Waals surface area contributed by atoms with Gasteiger partial charge < -0.3 is 15.0 Å². The molecule has 6 nitrogen and oxygen atoms in total. The Morgan fingerprint density at radius 3 is 2.87 bits per heavy atom. The number of fused-ring (bicyclic) bond motifs is 1. The Labute approximate surface area is 134 Å². The van der Waals surface area contributed by atoms with E-state index in [1.54, 1.807) is 36.2 Å². The lowest BCUT2D eigenvalue weighted by atomic mass is 10.1. The molecule has 0 fully saturated rings. The number of hydrogen-bond donors (Lipinski definition) is 1. The van der Waals surface area contributed by atoms with Crippen LogP contribution >= 0.6 is 0 Å². The quantitative estimate of drug-likeness (QED) is 0.943. The Morgan fingerprint density at radius 2 is 2.13 bits per heavy atom. The fraction of sp³-hybridized carbons (Fsp3) is 0.235. The summed E-state index contributed by atoms with van der Waals surface area (Å²) >= 11 is 0. The molecule has 1 aromatic carbocycles.